The summed E-state index contributed by atoms with van der Waals surface area (Å²) < 4.78 is 9.74. The molecule has 0 aliphatic carbocycles. The predicted molar refractivity (Wildman–Crippen MR) is 114 cm³/mol. The third kappa shape index (κ3) is 3.58. The zero-order valence-corrected chi connectivity index (χ0v) is 18.1. The molecule has 1 heterocycles. The first-order valence-corrected chi connectivity index (χ1v) is 14.6. The van der Waals surface area contributed by atoms with Crippen molar-refractivity contribution in [1.82, 2.24) is 4.98 Å². The van der Waals surface area contributed by atoms with Gasteiger partial charge in [0, 0.05) is 0 Å². The molecule has 0 aliphatic rings. The normalized spacial score (nSPS) is 11.0. The van der Waals surface area contributed by atoms with Crippen LogP contribution in [0.4, 0.5) is 0 Å². The Hall–Kier alpha value is -2.92. The second-order valence-corrected chi connectivity index (χ2v) is 15.8. The number of hydrogen-bond donors (Lipinski definition) is 0. The molecule has 4 heteroatoms. The fourth-order valence-corrected chi connectivity index (χ4v) is 14.0. The SMILES string of the molecule is O=C([O][Sn]([c]1ccccc1)([c]1ccccc1)[c]1ccccc1)c1ccccn1. The summed E-state index contributed by atoms with van der Waals surface area (Å²) in [6, 6.07) is 35.7. The van der Waals surface area contributed by atoms with Crippen molar-refractivity contribution in [3.63, 3.8) is 0 Å². The summed E-state index contributed by atoms with van der Waals surface area (Å²) in [6.45, 7) is 0. The van der Waals surface area contributed by atoms with Gasteiger partial charge in [-0.3, -0.25) is 0 Å². The number of aromatic nitrogens is 1. The number of nitrogens with zero attached hydrogens (tertiary/aromatic N) is 1. The Labute approximate surface area is 169 Å². The van der Waals surface area contributed by atoms with Crippen molar-refractivity contribution in [3.8, 4) is 0 Å². The van der Waals surface area contributed by atoms with Crippen LogP contribution in [-0.4, -0.2) is 29.7 Å². The third-order valence-electron chi connectivity index (χ3n) is 4.66. The molecule has 0 aliphatic heterocycles. The van der Waals surface area contributed by atoms with Crippen molar-refractivity contribution >= 4 is 35.5 Å². The number of pyridine rings is 1. The second kappa shape index (κ2) is 8.40. The van der Waals surface area contributed by atoms with Crippen molar-refractivity contribution < 1.29 is 7.87 Å². The standard InChI is InChI=1S/C6H5NO2.3C6H5.Sn/c8-6(9)5-3-1-2-4-7-5;3*1-2-4-6-5-3-1;/h1-4H,(H,8,9);3*1-5H;/q;;;;+1/p-1. The van der Waals surface area contributed by atoms with Gasteiger partial charge in [-0.25, -0.2) is 0 Å². The average molecular weight is 472 g/mol. The Kier molecular flexibility index (Phi) is 5.53. The van der Waals surface area contributed by atoms with Gasteiger partial charge < -0.3 is 0 Å². The zero-order chi connectivity index (χ0) is 19.2. The van der Waals surface area contributed by atoms with E-state index in [-0.39, 0.29) is 5.97 Å². The molecule has 1 aromatic heterocycles. The summed E-state index contributed by atoms with van der Waals surface area (Å²) in [5, 5.41) is 0. The number of benzene rings is 3. The van der Waals surface area contributed by atoms with Crippen molar-refractivity contribution in [1.29, 1.82) is 0 Å². The van der Waals surface area contributed by atoms with Crippen LogP contribution in [-0.2, 0) is 3.07 Å². The molecule has 0 unspecified atom stereocenters. The maximum absolute atomic E-state index is 13.1. The Morgan fingerprint density at radius 3 is 1.43 bits per heavy atom. The molecule has 0 spiro atoms. The molecule has 0 atom stereocenters. The first kappa shape index (κ1) is 18.4. The molecule has 0 fully saturated rings. The average Bonchev–Trinajstić information content (AvgIpc) is 2.80. The van der Waals surface area contributed by atoms with Crippen LogP contribution in [0, 0.1) is 0 Å². The van der Waals surface area contributed by atoms with E-state index in [1.807, 2.05) is 54.6 Å². The number of rotatable bonds is 5. The van der Waals surface area contributed by atoms with Gasteiger partial charge in [0.25, 0.3) is 0 Å². The van der Waals surface area contributed by atoms with E-state index in [1.165, 1.54) is 0 Å². The van der Waals surface area contributed by atoms with E-state index in [2.05, 4.69) is 41.4 Å². The van der Waals surface area contributed by atoms with Crippen molar-refractivity contribution in [2.45, 2.75) is 0 Å². The molecule has 0 radical (unpaired) electrons. The van der Waals surface area contributed by atoms with E-state index >= 15 is 0 Å². The van der Waals surface area contributed by atoms with Crippen LogP contribution in [0.3, 0.4) is 0 Å². The van der Waals surface area contributed by atoms with Gasteiger partial charge in [0.1, 0.15) is 0 Å². The molecule has 136 valence electrons. The van der Waals surface area contributed by atoms with Gasteiger partial charge in [-0.15, -0.1) is 0 Å². The number of hydrogen-bond acceptors (Lipinski definition) is 3. The number of carbonyl (C=O) groups is 1. The van der Waals surface area contributed by atoms with Crippen molar-refractivity contribution in [2.75, 3.05) is 0 Å². The van der Waals surface area contributed by atoms with Gasteiger partial charge in [0.15, 0.2) is 0 Å². The molecular formula is C24H19NO2Sn. The summed E-state index contributed by atoms with van der Waals surface area (Å²) in [5.41, 5.74) is 0.325. The first-order chi connectivity index (χ1) is 13.8. The van der Waals surface area contributed by atoms with Crippen LogP contribution in [0.5, 0.6) is 0 Å². The first-order valence-electron chi connectivity index (χ1n) is 9.11. The summed E-state index contributed by atoms with van der Waals surface area (Å²) in [4.78, 5) is 17.4. The fraction of sp³-hybridized carbons (Fsp3) is 0. The molecule has 3 nitrogen and oxygen atoms in total. The maximum atomic E-state index is 13.1. The second-order valence-electron chi connectivity index (χ2n) is 6.38. The van der Waals surface area contributed by atoms with E-state index in [1.54, 1.807) is 24.4 Å². The van der Waals surface area contributed by atoms with Crippen LogP contribution in [0.25, 0.3) is 0 Å². The number of carbonyl (C=O) groups excluding carboxylic acids is 1. The Morgan fingerprint density at radius 2 is 1.04 bits per heavy atom. The fourth-order valence-electron chi connectivity index (χ4n) is 3.37. The molecule has 4 aromatic rings. The molecule has 4 rings (SSSR count). The van der Waals surface area contributed by atoms with E-state index in [4.69, 9.17) is 3.07 Å². The monoisotopic (exact) mass is 473 g/mol. The molecule has 0 bridgehead atoms. The van der Waals surface area contributed by atoms with Gasteiger partial charge in [-0.05, 0) is 0 Å². The summed E-state index contributed by atoms with van der Waals surface area (Å²) in [5.74, 6) is -0.382. The van der Waals surface area contributed by atoms with Gasteiger partial charge >= 0.3 is 169 Å². The predicted octanol–water partition coefficient (Wildman–Crippen LogP) is 2.91. The molecular weight excluding hydrogens is 453 g/mol. The van der Waals surface area contributed by atoms with Crippen LogP contribution < -0.4 is 10.7 Å². The molecule has 3 aromatic carbocycles. The summed E-state index contributed by atoms with van der Waals surface area (Å²) in [7, 11) is 0. The van der Waals surface area contributed by atoms with Gasteiger partial charge in [0.2, 0.25) is 0 Å². The minimum atomic E-state index is -4.07. The van der Waals surface area contributed by atoms with Gasteiger partial charge in [0.05, 0.1) is 0 Å². The zero-order valence-electron chi connectivity index (χ0n) is 15.2. The van der Waals surface area contributed by atoms with Crippen molar-refractivity contribution in [2.24, 2.45) is 0 Å². The molecule has 0 amide bonds. The quantitative estimate of drug-likeness (QED) is 0.420. The molecule has 28 heavy (non-hydrogen) atoms. The van der Waals surface area contributed by atoms with E-state index in [0.717, 1.165) is 10.7 Å². The Bertz CT molecular complexity index is 942. The van der Waals surface area contributed by atoms with E-state index < -0.39 is 18.8 Å². The minimum absolute atomic E-state index is 0.325. The van der Waals surface area contributed by atoms with Crippen molar-refractivity contribution in [3.05, 3.63) is 121 Å². The third-order valence-corrected chi connectivity index (χ3v) is 15.9. The molecule has 0 saturated carbocycles. The molecule has 0 N–H and O–H groups in total. The van der Waals surface area contributed by atoms with Crippen LogP contribution in [0.2, 0.25) is 0 Å². The Morgan fingerprint density at radius 1 is 0.607 bits per heavy atom. The van der Waals surface area contributed by atoms with Gasteiger partial charge in [-0.2, -0.15) is 0 Å². The summed E-state index contributed by atoms with van der Waals surface area (Å²) >= 11 is -4.07. The Balaban J connectivity index is 1.95. The van der Waals surface area contributed by atoms with E-state index in [0.29, 0.717) is 5.69 Å². The van der Waals surface area contributed by atoms with Gasteiger partial charge in [-0.1, -0.05) is 0 Å². The van der Waals surface area contributed by atoms with Crippen LogP contribution >= 0.6 is 0 Å². The topological polar surface area (TPSA) is 39.2 Å². The van der Waals surface area contributed by atoms with E-state index in [9.17, 15) is 4.79 Å². The van der Waals surface area contributed by atoms with Crippen LogP contribution in [0.1, 0.15) is 10.5 Å². The summed E-state index contributed by atoms with van der Waals surface area (Å²) in [6.07, 6.45) is 1.61. The van der Waals surface area contributed by atoms with Crippen LogP contribution in [0.15, 0.2) is 115 Å². The molecule has 0 saturated heterocycles.